The van der Waals surface area contributed by atoms with E-state index in [4.69, 9.17) is 32.7 Å². The van der Waals surface area contributed by atoms with E-state index < -0.39 is 41.2 Å². The van der Waals surface area contributed by atoms with Gasteiger partial charge in [0.25, 0.3) is 0 Å². The summed E-state index contributed by atoms with van der Waals surface area (Å²) in [5.74, 6) is -0.0330. The average molecular weight is 1130 g/mol. The summed E-state index contributed by atoms with van der Waals surface area (Å²) in [7, 11) is -8.82. The van der Waals surface area contributed by atoms with E-state index in [1.165, 1.54) is 0 Å². The number of phenolic OH excluding ortho intramolecular Hbond substituents is 1. The second-order valence-electron chi connectivity index (χ2n) is 21.3. The highest BCUT2D eigenvalue weighted by molar-refractivity contribution is 7.57. The number of carbonyl (C=O) groups excluding carboxylic acids is 3. The minimum absolute atomic E-state index is 0.0186. The lowest BCUT2D eigenvalue weighted by molar-refractivity contribution is -0.145. The van der Waals surface area contributed by atoms with E-state index in [1.54, 1.807) is 55.5 Å². The lowest BCUT2D eigenvalue weighted by Gasteiger charge is -2.26. The van der Waals surface area contributed by atoms with Gasteiger partial charge >= 0.3 is 33.0 Å². The molecule has 1 fully saturated rings. The van der Waals surface area contributed by atoms with Crippen LogP contribution in [0.4, 0.5) is 0 Å². The van der Waals surface area contributed by atoms with Crippen LogP contribution in [0, 0.1) is 13.8 Å². The fourth-order valence-corrected chi connectivity index (χ4v) is 13.9. The number of phenols is 1. The maximum Gasteiger partial charge on any atom is 0.380 e. The number of benzene rings is 4. The molecule has 16 nitrogen and oxygen atoms in total. The van der Waals surface area contributed by atoms with Gasteiger partial charge in [-0.25, -0.2) is 19.2 Å². The Kier molecular flexibility index (Phi) is 22.2. The van der Waals surface area contributed by atoms with Gasteiger partial charge in [-0.3, -0.25) is 14.3 Å². The van der Waals surface area contributed by atoms with Gasteiger partial charge < -0.3 is 42.7 Å². The normalized spacial score (nSPS) is 16.6. The molecule has 3 aliphatic heterocycles. The summed E-state index contributed by atoms with van der Waals surface area (Å²) in [6, 6.07) is 17.6. The van der Waals surface area contributed by atoms with E-state index in [9.17, 15) is 33.5 Å². The second kappa shape index (κ2) is 28.1. The Labute approximate surface area is 461 Å². The van der Waals surface area contributed by atoms with Crippen LogP contribution >= 0.6 is 15.1 Å². The van der Waals surface area contributed by atoms with Gasteiger partial charge in [-0.2, -0.15) is 0 Å². The van der Waals surface area contributed by atoms with E-state index in [-0.39, 0.29) is 49.4 Å². The lowest BCUT2D eigenvalue weighted by atomic mass is 9.89. The number of morpholine rings is 1. The van der Waals surface area contributed by atoms with Gasteiger partial charge in [-0.05, 0) is 119 Å². The SMILES string of the molecule is CCc1c(C)c2c(c(O)c1C/C=C(\C)CP(=O)(N[C@@H](C)C(=O)OCCCN1CCOCC1)Oc1ccccc1)C(=O)OC2.CCc1c(C)c2c(c(OCC[Si](C)(C)C)c1C/C=C(\C)CP(=O)(O)Oc1ccccc1)C(=O)OC2. The quantitative estimate of drug-likeness (QED) is 0.0141. The Hall–Kier alpha value is -5.51. The Balaban J connectivity index is 0.000000258. The van der Waals surface area contributed by atoms with Gasteiger partial charge in [0.1, 0.15) is 53.4 Å². The topological polar surface area (TPSA) is 206 Å². The minimum atomic E-state index is -3.86. The summed E-state index contributed by atoms with van der Waals surface area (Å²) in [5.41, 5.74) is 9.60. The van der Waals surface area contributed by atoms with Crippen molar-refractivity contribution in [1.29, 1.82) is 0 Å². The molecule has 19 heteroatoms. The number of rotatable bonds is 25. The Bertz CT molecular complexity index is 2920. The number of para-hydroxylation sites is 2. The molecule has 0 saturated carbocycles. The van der Waals surface area contributed by atoms with Crippen LogP contribution in [0.5, 0.6) is 23.0 Å². The molecule has 0 bridgehead atoms. The summed E-state index contributed by atoms with van der Waals surface area (Å²) in [6.45, 7) is 25.4. The molecule has 1 saturated heterocycles. The first-order valence-electron chi connectivity index (χ1n) is 27.0. The Morgan fingerprint density at radius 1 is 0.769 bits per heavy atom. The van der Waals surface area contributed by atoms with Crippen molar-refractivity contribution in [2.45, 2.75) is 126 Å². The van der Waals surface area contributed by atoms with Crippen LogP contribution in [0.1, 0.15) is 106 Å². The molecule has 4 aromatic rings. The number of hydrogen-bond donors (Lipinski definition) is 3. The number of aromatic hydroxyl groups is 1. The molecule has 0 spiro atoms. The van der Waals surface area contributed by atoms with Gasteiger partial charge in [0.15, 0.2) is 0 Å². The molecule has 3 N–H and O–H groups in total. The van der Waals surface area contributed by atoms with E-state index in [0.29, 0.717) is 73.9 Å². The van der Waals surface area contributed by atoms with E-state index in [1.807, 2.05) is 58.9 Å². The van der Waals surface area contributed by atoms with Crippen LogP contribution in [-0.2, 0) is 71.8 Å². The molecule has 4 aromatic carbocycles. The minimum Gasteiger partial charge on any atom is -0.507 e. The highest BCUT2D eigenvalue weighted by Gasteiger charge is 2.35. The van der Waals surface area contributed by atoms with Crippen molar-refractivity contribution in [1.82, 2.24) is 9.99 Å². The first-order valence-corrected chi connectivity index (χ1v) is 34.3. The van der Waals surface area contributed by atoms with E-state index in [2.05, 4.69) is 36.6 Å². The predicted octanol–water partition coefficient (Wildman–Crippen LogP) is 11.6. The van der Waals surface area contributed by atoms with Gasteiger partial charge in [0, 0.05) is 50.0 Å². The number of nitrogens with one attached hydrogen (secondary N) is 1. The molecular formula is C59H80N2O14P2Si. The molecule has 78 heavy (non-hydrogen) atoms. The molecule has 0 radical (unpaired) electrons. The molecule has 0 aromatic heterocycles. The summed E-state index contributed by atoms with van der Waals surface area (Å²) >= 11 is 0. The summed E-state index contributed by atoms with van der Waals surface area (Å²) < 4.78 is 65.9. The smallest absolute Gasteiger partial charge is 0.380 e. The Morgan fingerprint density at radius 2 is 1.29 bits per heavy atom. The highest BCUT2D eigenvalue weighted by atomic mass is 31.2. The molecule has 7 rings (SSSR count). The zero-order valence-electron chi connectivity index (χ0n) is 47.2. The summed E-state index contributed by atoms with van der Waals surface area (Å²) in [4.78, 5) is 50.4. The maximum atomic E-state index is 14.2. The first-order chi connectivity index (χ1) is 37.0. The van der Waals surface area contributed by atoms with Crippen molar-refractivity contribution in [2.24, 2.45) is 0 Å². The fourth-order valence-electron chi connectivity index (χ4n) is 9.80. The van der Waals surface area contributed by atoms with Crippen LogP contribution in [0.25, 0.3) is 0 Å². The van der Waals surface area contributed by atoms with Gasteiger partial charge in [-0.1, -0.05) is 93.2 Å². The first kappa shape index (κ1) is 61.7. The number of allylic oxidation sites excluding steroid dienone is 4. The van der Waals surface area contributed by atoms with Crippen molar-refractivity contribution >= 4 is 41.1 Å². The second-order valence-corrected chi connectivity index (χ2v) is 30.8. The van der Waals surface area contributed by atoms with Gasteiger partial charge in [0.2, 0.25) is 0 Å². The third-order valence-electron chi connectivity index (χ3n) is 14.0. The zero-order chi connectivity index (χ0) is 56.8. The van der Waals surface area contributed by atoms with Crippen LogP contribution in [0.15, 0.2) is 84.0 Å². The van der Waals surface area contributed by atoms with Gasteiger partial charge in [0.05, 0.1) is 38.8 Å². The number of nitrogens with zero attached hydrogens (tertiary/aromatic N) is 1. The van der Waals surface area contributed by atoms with Crippen molar-refractivity contribution in [2.75, 3.05) is 58.4 Å². The predicted molar refractivity (Wildman–Crippen MR) is 306 cm³/mol. The van der Waals surface area contributed by atoms with E-state index >= 15 is 0 Å². The molecular weight excluding hydrogens is 1050 g/mol. The number of hydrogen-bond acceptors (Lipinski definition) is 14. The van der Waals surface area contributed by atoms with Crippen molar-refractivity contribution in [3.63, 3.8) is 0 Å². The standard InChI is InChI=1S/C32H43N2O8P.C27H37O6PSi/c1-5-26-23(3)28-20-41-32(37)29(28)30(35)27(26)13-12-22(2)21-43(38,42-25-10-7-6-8-11-25)33-24(4)31(36)40-17-9-14-34-15-18-39-19-16-34;1-7-22-20(3)24-17-32-27(28)25(24)26(31-15-16-35(4,5)6)23(22)14-13-19(2)18-34(29,30)33-21-11-9-8-10-12-21/h6-8,10-12,24,35H,5,9,13-21H2,1-4H3,(H,33,38);8-13H,7,14-18H2,1-6H3,(H,29,30)/b22-12+;19-13+/t24-,43?;/m0./s1. The van der Waals surface area contributed by atoms with Gasteiger partial charge in [-0.15, -0.1) is 0 Å². The zero-order valence-corrected chi connectivity index (χ0v) is 50.0. The number of ether oxygens (including phenoxy) is 5. The van der Waals surface area contributed by atoms with Crippen molar-refractivity contribution < 1.29 is 66.2 Å². The van der Waals surface area contributed by atoms with Crippen LogP contribution in [0.3, 0.4) is 0 Å². The number of cyclic esters (lactones) is 2. The monoisotopic (exact) mass is 1130 g/mol. The fraction of sp³-hybridized carbons (Fsp3) is 0.475. The average Bonchev–Trinajstić information content (AvgIpc) is 4.14. The van der Waals surface area contributed by atoms with Crippen LogP contribution < -0.4 is 18.9 Å². The molecule has 3 atom stereocenters. The summed E-state index contributed by atoms with van der Waals surface area (Å²) in [5, 5.41) is 13.9. The third-order valence-corrected chi connectivity index (χ3v) is 19.3. The van der Waals surface area contributed by atoms with Crippen molar-refractivity contribution in [3.8, 4) is 23.0 Å². The Morgan fingerprint density at radius 3 is 1.87 bits per heavy atom. The number of fused-ring (bicyclic) bond motifs is 2. The lowest BCUT2D eigenvalue weighted by Crippen LogP contribution is -2.38. The van der Waals surface area contributed by atoms with E-state index in [0.717, 1.165) is 82.2 Å². The molecule has 2 unspecified atom stereocenters. The molecule has 0 amide bonds. The van der Waals surface area contributed by atoms with Crippen LogP contribution in [0.2, 0.25) is 25.7 Å². The van der Waals surface area contributed by atoms with Crippen molar-refractivity contribution in [3.05, 3.63) is 140 Å². The maximum absolute atomic E-state index is 14.2. The largest absolute Gasteiger partial charge is 0.507 e. The molecule has 3 heterocycles. The summed E-state index contributed by atoms with van der Waals surface area (Å²) in [6.07, 6.45) is 6.72. The molecule has 424 valence electrons. The molecule has 0 aliphatic carbocycles. The van der Waals surface area contributed by atoms with Crippen LogP contribution in [-0.4, -0.2) is 105 Å². The highest BCUT2D eigenvalue weighted by Crippen LogP contribution is 2.47. The number of carbonyl (C=O) groups is 3. The molecule has 3 aliphatic rings. The number of esters is 3. The third kappa shape index (κ3) is 17.0.